The molecule has 1 aromatic heterocycles. The van der Waals surface area contributed by atoms with Crippen molar-refractivity contribution in [3.8, 4) is 11.5 Å². The quantitative estimate of drug-likeness (QED) is 0.680. The van der Waals surface area contributed by atoms with Gasteiger partial charge in [-0.1, -0.05) is 5.10 Å². The molecule has 0 unspecified atom stereocenters. The molecule has 0 bridgehead atoms. The predicted octanol–water partition coefficient (Wildman–Crippen LogP) is 0.853. The summed E-state index contributed by atoms with van der Waals surface area (Å²) >= 11 is 0. The maximum absolute atomic E-state index is 12.2. The van der Waals surface area contributed by atoms with Crippen molar-refractivity contribution in [2.75, 3.05) is 27.0 Å². The van der Waals surface area contributed by atoms with Crippen LogP contribution in [-0.4, -0.2) is 51.5 Å². The van der Waals surface area contributed by atoms with Gasteiger partial charge in [-0.25, -0.2) is 8.42 Å². The highest BCUT2D eigenvalue weighted by Crippen LogP contribution is 2.22. The summed E-state index contributed by atoms with van der Waals surface area (Å²) in [5.74, 6) is 0.963. The van der Waals surface area contributed by atoms with Crippen molar-refractivity contribution >= 4 is 15.7 Å². The topological polar surface area (TPSA) is 121 Å². The average molecular weight is 369 g/mol. The van der Waals surface area contributed by atoms with E-state index in [1.807, 2.05) is 0 Å². The summed E-state index contributed by atoms with van der Waals surface area (Å²) in [5.41, 5.74) is 0.411. The smallest absolute Gasteiger partial charge is 0.335 e. The fraction of sp³-hybridized carbons (Fsp3) is 0.400. The molecule has 9 nitrogen and oxygen atoms in total. The minimum atomic E-state index is -3.51. The van der Waals surface area contributed by atoms with Gasteiger partial charge in [0.05, 0.1) is 14.2 Å². The summed E-state index contributed by atoms with van der Waals surface area (Å²) in [4.78, 5) is 12.2. The number of aryl methyl sites for hydroxylation is 1. The molecule has 0 aliphatic heterocycles. The van der Waals surface area contributed by atoms with Crippen LogP contribution in [0, 0.1) is 0 Å². The lowest BCUT2D eigenvalue weighted by Crippen LogP contribution is -2.24. The number of ether oxygens (including phenoxy) is 2. The first kappa shape index (κ1) is 18.7. The number of methoxy groups -OCH3 is 2. The van der Waals surface area contributed by atoms with Crippen LogP contribution in [0.1, 0.15) is 22.7 Å². The molecule has 0 fully saturated rings. The molecule has 1 aromatic carbocycles. The maximum Gasteiger partial charge on any atom is 0.335 e. The monoisotopic (exact) mass is 369 g/mol. The fourth-order valence-corrected chi connectivity index (χ4v) is 2.41. The van der Waals surface area contributed by atoms with Gasteiger partial charge in [0, 0.05) is 30.9 Å². The van der Waals surface area contributed by atoms with Gasteiger partial charge in [-0.05, 0) is 18.6 Å². The van der Waals surface area contributed by atoms with Gasteiger partial charge in [0.15, 0.2) is 0 Å². The molecular formula is C15H19N3O6S. The molecule has 136 valence electrons. The molecule has 1 heterocycles. The Labute approximate surface area is 145 Å². The molecular weight excluding hydrogens is 350 g/mol. The molecule has 25 heavy (non-hydrogen) atoms. The van der Waals surface area contributed by atoms with E-state index < -0.39 is 15.1 Å². The molecule has 0 saturated heterocycles. The van der Waals surface area contributed by atoms with E-state index in [-0.39, 0.29) is 11.8 Å². The minimum Gasteiger partial charge on any atom is -0.497 e. The minimum absolute atomic E-state index is 0.206. The Bertz CT molecular complexity index is 824. The van der Waals surface area contributed by atoms with Crippen molar-refractivity contribution in [2.45, 2.75) is 18.1 Å². The molecule has 0 aliphatic rings. The molecule has 0 aliphatic carbocycles. The van der Waals surface area contributed by atoms with Gasteiger partial charge in [-0.2, -0.15) is 0 Å². The molecule has 0 saturated carbocycles. The van der Waals surface area contributed by atoms with Gasteiger partial charge in [-0.3, -0.25) is 4.79 Å². The highest BCUT2D eigenvalue weighted by atomic mass is 32.2. The Balaban J connectivity index is 1.87. The van der Waals surface area contributed by atoms with Crippen LogP contribution in [0.4, 0.5) is 0 Å². The van der Waals surface area contributed by atoms with E-state index in [2.05, 4.69) is 15.5 Å². The summed E-state index contributed by atoms with van der Waals surface area (Å²) in [5, 5.41) is 9.47. The van der Waals surface area contributed by atoms with Gasteiger partial charge in [-0.15, -0.1) is 5.10 Å². The lowest BCUT2D eigenvalue weighted by atomic mass is 10.2. The molecule has 1 amide bonds. The van der Waals surface area contributed by atoms with Crippen LogP contribution in [0.15, 0.2) is 27.8 Å². The van der Waals surface area contributed by atoms with Crippen LogP contribution in [-0.2, 0) is 16.3 Å². The van der Waals surface area contributed by atoms with E-state index in [0.717, 1.165) is 6.26 Å². The van der Waals surface area contributed by atoms with E-state index in [1.165, 1.54) is 14.2 Å². The van der Waals surface area contributed by atoms with Crippen molar-refractivity contribution in [2.24, 2.45) is 0 Å². The van der Waals surface area contributed by atoms with E-state index in [0.29, 0.717) is 36.4 Å². The second-order valence-corrected chi connectivity index (χ2v) is 7.09. The number of hydrogen-bond donors (Lipinski definition) is 1. The van der Waals surface area contributed by atoms with Crippen molar-refractivity contribution in [1.29, 1.82) is 0 Å². The van der Waals surface area contributed by atoms with Crippen LogP contribution in [0.3, 0.4) is 0 Å². The normalized spacial score (nSPS) is 11.2. The Hall–Kier alpha value is -2.62. The first-order chi connectivity index (χ1) is 11.8. The standard InChI is InChI=1S/C15H19N3O6S/c1-22-11-7-10(8-12(9-11)23-2)14(19)16-6-4-5-13-17-18-15(24-13)25(3,20)21/h7-9H,4-6H2,1-3H3,(H,16,19). The van der Waals surface area contributed by atoms with Crippen molar-refractivity contribution < 1.29 is 27.1 Å². The number of sulfone groups is 1. The first-order valence-corrected chi connectivity index (χ1v) is 9.26. The van der Waals surface area contributed by atoms with E-state index in [1.54, 1.807) is 18.2 Å². The van der Waals surface area contributed by atoms with Crippen LogP contribution in [0.5, 0.6) is 11.5 Å². The predicted molar refractivity (Wildman–Crippen MR) is 87.6 cm³/mol. The highest BCUT2D eigenvalue weighted by Gasteiger charge is 2.16. The van der Waals surface area contributed by atoms with Crippen molar-refractivity contribution in [3.63, 3.8) is 0 Å². The summed E-state index contributed by atoms with van der Waals surface area (Å²) in [7, 11) is -0.498. The second-order valence-electron chi connectivity index (χ2n) is 5.19. The Kier molecular flexibility index (Phi) is 5.97. The van der Waals surface area contributed by atoms with Gasteiger partial charge < -0.3 is 19.2 Å². The average Bonchev–Trinajstić information content (AvgIpc) is 3.07. The van der Waals surface area contributed by atoms with Crippen LogP contribution < -0.4 is 14.8 Å². The second kappa shape index (κ2) is 7.97. The summed E-state index contributed by atoms with van der Waals surface area (Å²) in [6.07, 6.45) is 1.86. The highest BCUT2D eigenvalue weighted by molar-refractivity contribution is 7.90. The van der Waals surface area contributed by atoms with Gasteiger partial charge in [0.25, 0.3) is 5.91 Å². The largest absolute Gasteiger partial charge is 0.497 e. The molecule has 10 heteroatoms. The summed E-state index contributed by atoms with van der Waals surface area (Å²) in [6.45, 7) is 0.356. The zero-order chi connectivity index (χ0) is 18.4. The number of carbonyl (C=O) groups excluding carboxylic acids is 1. The molecule has 2 aromatic rings. The van der Waals surface area contributed by atoms with Gasteiger partial charge in [0.2, 0.25) is 15.7 Å². The van der Waals surface area contributed by atoms with E-state index >= 15 is 0 Å². The van der Waals surface area contributed by atoms with Gasteiger partial charge >= 0.3 is 5.22 Å². The number of rotatable bonds is 8. The van der Waals surface area contributed by atoms with E-state index in [4.69, 9.17) is 13.9 Å². The number of benzene rings is 1. The number of amides is 1. The molecule has 0 radical (unpaired) electrons. The fourth-order valence-electron chi connectivity index (χ4n) is 1.97. The Morgan fingerprint density at radius 2 is 1.80 bits per heavy atom. The summed E-state index contributed by atoms with van der Waals surface area (Å²) in [6, 6.07) is 4.88. The zero-order valence-electron chi connectivity index (χ0n) is 14.1. The first-order valence-electron chi connectivity index (χ1n) is 7.37. The molecule has 0 atom stereocenters. The third-order valence-corrected chi connectivity index (χ3v) is 4.03. The third kappa shape index (κ3) is 5.18. The van der Waals surface area contributed by atoms with Gasteiger partial charge in [0.1, 0.15) is 11.5 Å². The lowest BCUT2D eigenvalue weighted by molar-refractivity contribution is 0.0952. The van der Waals surface area contributed by atoms with Crippen LogP contribution in [0.2, 0.25) is 0 Å². The van der Waals surface area contributed by atoms with E-state index in [9.17, 15) is 13.2 Å². The number of carbonyl (C=O) groups is 1. The molecule has 1 N–H and O–H groups in total. The van der Waals surface area contributed by atoms with Crippen molar-refractivity contribution in [1.82, 2.24) is 15.5 Å². The zero-order valence-corrected chi connectivity index (χ0v) is 14.9. The maximum atomic E-state index is 12.2. The summed E-state index contributed by atoms with van der Waals surface area (Å²) < 4.78 is 37.8. The molecule has 0 spiro atoms. The van der Waals surface area contributed by atoms with Crippen LogP contribution >= 0.6 is 0 Å². The Morgan fingerprint density at radius 3 is 2.32 bits per heavy atom. The third-order valence-electron chi connectivity index (χ3n) is 3.23. The number of nitrogens with zero attached hydrogens (tertiary/aromatic N) is 2. The molecule has 2 rings (SSSR count). The van der Waals surface area contributed by atoms with Crippen molar-refractivity contribution in [3.05, 3.63) is 29.7 Å². The number of hydrogen-bond acceptors (Lipinski definition) is 8. The number of nitrogens with one attached hydrogen (secondary N) is 1. The number of aromatic nitrogens is 2. The van der Waals surface area contributed by atoms with Crippen LogP contribution in [0.25, 0.3) is 0 Å². The Morgan fingerprint density at radius 1 is 1.16 bits per heavy atom. The SMILES string of the molecule is COc1cc(OC)cc(C(=O)NCCCc2nnc(S(C)(=O)=O)o2)c1. The lowest BCUT2D eigenvalue weighted by Gasteiger charge is -2.09.